The van der Waals surface area contributed by atoms with Gasteiger partial charge in [-0.2, -0.15) is 0 Å². The second kappa shape index (κ2) is 6.16. The van der Waals surface area contributed by atoms with Crippen LogP contribution in [-0.2, 0) is 0 Å². The maximum absolute atomic E-state index is 4.50. The zero-order valence-electron chi connectivity index (χ0n) is 11.7. The van der Waals surface area contributed by atoms with Crippen molar-refractivity contribution in [3.63, 3.8) is 0 Å². The van der Waals surface area contributed by atoms with E-state index in [-0.39, 0.29) is 0 Å². The van der Waals surface area contributed by atoms with Crippen molar-refractivity contribution in [1.29, 1.82) is 0 Å². The Balaban J connectivity index is 2.13. The second-order valence-electron chi connectivity index (χ2n) is 4.81. The molecule has 0 aliphatic carbocycles. The molecule has 2 nitrogen and oxygen atoms in total. The van der Waals surface area contributed by atoms with E-state index in [9.17, 15) is 0 Å². The normalized spacial score (nSPS) is 14.4. The van der Waals surface area contributed by atoms with Crippen LogP contribution in [0.1, 0.15) is 47.1 Å². The maximum Gasteiger partial charge on any atom is 0.0900 e. The summed E-state index contributed by atoms with van der Waals surface area (Å²) in [7, 11) is 0. The summed E-state index contributed by atoms with van der Waals surface area (Å²) in [5, 5.41) is 4.78. The van der Waals surface area contributed by atoms with E-state index >= 15 is 0 Å². The van der Waals surface area contributed by atoms with Crippen molar-refractivity contribution >= 4 is 27.3 Å². The Kier molecular flexibility index (Phi) is 4.76. The summed E-state index contributed by atoms with van der Waals surface area (Å²) >= 11 is 5.39. The fourth-order valence-corrected chi connectivity index (χ4v) is 3.88. The van der Waals surface area contributed by atoms with Gasteiger partial charge in [-0.05, 0) is 39.3 Å². The van der Waals surface area contributed by atoms with Crippen molar-refractivity contribution in [2.45, 2.75) is 39.8 Å². The van der Waals surface area contributed by atoms with Crippen LogP contribution in [0.5, 0.6) is 0 Å². The van der Waals surface area contributed by atoms with Crippen LogP contribution in [-0.4, -0.2) is 4.98 Å². The van der Waals surface area contributed by atoms with E-state index in [4.69, 9.17) is 0 Å². The molecule has 0 bridgehead atoms. The van der Waals surface area contributed by atoms with Crippen molar-refractivity contribution in [2.75, 3.05) is 0 Å². The van der Waals surface area contributed by atoms with E-state index in [0.29, 0.717) is 12.1 Å². The van der Waals surface area contributed by atoms with Gasteiger partial charge in [-0.3, -0.25) is 0 Å². The first kappa shape index (κ1) is 14.7. The molecule has 102 valence electrons. The highest BCUT2D eigenvalue weighted by atomic mass is 79.9. The predicted octanol–water partition coefficient (Wildman–Crippen LogP) is 4.93. The number of aryl methyl sites for hydroxylation is 2. The summed E-state index contributed by atoms with van der Waals surface area (Å²) in [5.74, 6) is 0. The molecule has 0 aliphatic heterocycles. The Hall–Kier alpha value is -0.710. The third kappa shape index (κ3) is 3.44. The average molecular weight is 339 g/mol. The molecule has 0 fully saturated rings. The molecular formula is C15H19BrN2S. The van der Waals surface area contributed by atoms with Crippen LogP contribution in [0.4, 0.5) is 0 Å². The number of nitrogens with zero attached hydrogens (tertiary/aromatic N) is 1. The first-order valence-corrected chi connectivity index (χ1v) is 8.04. The number of aromatic nitrogens is 1. The van der Waals surface area contributed by atoms with Crippen molar-refractivity contribution < 1.29 is 0 Å². The molecule has 0 aliphatic rings. The van der Waals surface area contributed by atoms with Gasteiger partial charge in [0.15, 0.2) is 0 Å². The Labute approximate surface area is 127 Å². The minimum atomic E-state index is 0.299. The molecule has 2 aromatic rings. The van der Waals surface area contributed by atoms with Crippen molar-refractivity contribution in [1.82, 2.24) is 10.3 Å². The molecule has 0 amide bonds. The summed E-state index contributed by atoms with van der Waals surface area (Å²) in [4.78, 5) is 5.83. The molecule has 1 aromatic carbocycles. The molecule has 1 heterocycles. The molecule has 2 unspecified atom stereocenters. The SMILES string of the molecule is Cc1nc(C)c(C(C)NC(C)c2ccccc2Br)s1. The largest absolute Gasteiger partial charge is 0.303 e. The molecule has 0 saturated carbocycles. The highest BCUT2D eigenvalue weighted by molar-refractivity contribution is 9.10. The van der Waals surface area contributed by atoms with Gasteiger partial charge < -0.3 is 5.32 Å². The van der Waals surface area contributed by atoms with Gasteiger partial charge in [0.2, 0.25) is 0 Å². The van der Waals surface area contributed by atoms with Crippen LogP contribution >= 0.6 is 27.3 Å². The van der Waals surface area contributed by atoms with Gasteiger partial charge in [-0.1, -0.05) is 34.1 Å². The summed E-state index contributed by atoms with van der Waals surface area (Å²) in [6, 6.07) is 8.96. The number of thiazole rings is 1. The lowest BCUT2D eigenvalue weighted by molar-refractivity contribution is 0.497. The van der Waals surface area contributed by atoms with Crippen LogP contribution in [0, 0.1) is 13.8 Å². The van der Waals surface area contributed by atoms with Gasteiger partial charge in [0.05, 0.1) is 10.7 Å². The van der Waals surface area contributed by atoms with Gasteiger partial charge in [-0.15, -0.1) is 11.3 Å². The Morgan fingerprint density at radius 3 is 2.42 bits per heavy atom. The number of benzene rings is 1. The van der Waals surface area contributed by atoms with Crippen LogP contribution in [0.3, 0.4) is 0 Å². The first-order chi connectivity index (χ1) is 8.99. The maximum atomic E-state index is 4.50. The van der Waals surface area contributed by atoms with Gasteiger partial charge in [-0.25, -0.2) is 4.98 Å². The van der Waals surface area contributed by atoms with Gasteiger partial charge in [0.25, 0.3) is 0 Å². The Bertz CT molecular complexity index is 565. The lowest BCUT2D eigenvalue weighted by atomic mass is 10.1. The highest BCUT2D eigenvalue weighted by Crippen LogP contribution is 2.29. The smallest absolute Gasteiger partial charge is 0.0900 e. The summed E-state index contributed by atoms with van der Waals surface area (Å²) < 4.78 is 1.15. The molecule has 0 spiro atoms. The van der Waals surface area contributed by atoms with Crippen molar-refractivity contribution in [3.8, 4) is 0 Å². The fourth-order valence-electron chi connectivity index (χ4n) is 2.32. The van der Waals surface area contributed by atoms with Gasteiger partial charge >= 0.3 is 0 Å². The molecule has 0 saturated heterocycles. The molecule has 1 aromatic heterocycles. The third-order valence-electron chi connectivity index (χ3n) is 3.20. The Morgan fingerprint density at radius 1 is 1.16 bits per heavy atom. The fraction of sp³-hybridized carbons (Fsp3) is 0.400. The topological polar surface area (TPSA) is 24.9 Å². The summed E-state index contributed by atoms with van der Waals surface area (Å²) in [5.41, 5.74) is 2.43. The molecule has 2 rings (SSSR count). The molecule has 19 heavy (non-hydrogen) atoms. The lowest BCUT2D eigenvalue weighted by Gasteiger charge is -2.21. The third-order valence-corrected chi connectivity index (χ3v) is 5.18. The van der Waals surface area contributed by atoms with Crippen LogP contribution in [0.2, 0.25) is 0 Å². The minimum absolute atomic E-state index is 0.299. The number of hydrogen-bond acceptors (Lipinski definition) is 3. The van der Waals surface area contributed by atoms with Gasteiger partial charge in [0.1, 0.15) is 0 Å². The summed E-state index contributed by atoms with van der Waals surface area (Å²) in [6.45, 7) is 8.54. The van der Waals surface area contributed by atoms with Gasteiger partial charge in [0, 0.05) is 21.4 Å². The van der Waals surface area contributed by atoms with E-state index in [1.54, 1.807) is 11.3 Å². The van der Waals surface area contributed by atoms with E-state index in [2.05, 4.69) is 72.1 Å². The van der Waals surface area contributed by atoms with Crippen molar-refractivity contribution in [2.24, 2.45) is 0 Å². The van der Waals surface area contributed by atoms with Crippen LogP contribution in [0.25, 0.3) is 0 Å². The number of halogens is 1. The molecule has 4 heteroatoms. The van der Waals surface area contributed by atoms with E-state index in [1.807, 2.05) is 6.07 Å². The van der Waals surface area contributed by atoms with E-state index in [0.717, 1.165) is 15.2 Å². The molecular weight excluding hydrogens is 320 g/mol. The van der Waals surface area contributed by atoms with Crippen LogP contribution in [0.15, 0.2) is 28.7 Å². The molecule has 0 radical (unpaired) electrons. The zero-order chi connectivity index (χ0) is 14.0. The standard InChI is InChI=1S/C15H19BrN2S/c1-9(13-7-5-6-8-14(13)16)17-10(2)15-11(3)18-12(4)19-15/h5-10,17H,1-4H3. The average Bonchev–Trinajstić information content (AvgIpc) is 2.69. The monoisotopic (exact) mass is 338 g/mol. The molecule has 2 atom stereocenters. The number of nitrogens with one attached hydrogen (secondary N) is 1. The van der Waals surface area contributed by atoms with Crippen LogP contribution < -0.4 is 5.32 Å². The van der Waals surface area contributed by atoms with E-state index in [1.165, 1.54) is 10.4 Å². The Morgan fingerprint density at radius 2 is 1.84 bits per heavy atom. The number of rotatable bonds is 4. The lowest BCUT2D eigenvalue weighted by Crippen LogP contribution is -2.22. The second-order valence-corrected chi connectivity index (χ2v) is 6.90. The quantitative estimate of drug-likeness (QED) is 0.854. The first-order valence-electron chi connectivity index (χ1n) is 6.43. The zero-order valence-corrected chi connectivity index (χ0v) is 14.1. The van der Waals surface area contributed by atoms with Crippen molar-refractivity contribution in [3.05, 3.63) is 49.9 Å². The predicted molar refractivity (Wildman–Crippen MR) is 85.7 cm³/mol. The highest BCUT2D eigenvalue weighted by Gasteiger charge is 2.16. The van der Waals surface area contributed by atoms with E-state index < -0.39 is 0 Å². The summed E-state index contributed by atoms with van der Waals surface area (Å²) in [6.07, 6.45) is 0. The molecule has 1 N–H and O–H groups in total. The minimum Gasteiger partial charge on any atom is -0.303 e. The number of hydrogen-bond donors (Lipinski definition) is 1.